The predicted molar refractivity (Wildman–Crippen MR) is 59.8 cm³/mol. The van der Waals surface area contributed by atoms with Crippen molar-refractivity contribution in [2.45, 2.75) is 19.8 Å². The van der Waals surface area contributed by atoms with Crippen LogP contribution in [-0.4, -0.2) is 9.55 Å². The Balaban J connectivity index is 2.81. The van der Waals surface area contributed by atoms with Crippen LogP contribution < -0.4 is 0 Å². The molecule has 3 heteroatoms. The van der Waals surface area contributed by atoms with E-state index >= 15 is 0 Å². The van der Waals surface area contributed by atoms with E-state index in [2.05, 4.69) is 29.5 Å². The van der Waals surface area contributed by atoms with E-state index in [1.165, 1.54) is 5.69 Å². The van der Waals surface area contributed by atoms with Gasteiger partial charge in [-0.25, -0.2) is 0 Å². The Morgan fingerprint density at radius 3 is 2.71 bits per heavy atom. The van der Waals surface area contributed by atoms with Crippen molar-refractivity contribution in [3.63, 3.8) is 0 Å². The molecule has 0 bridgehead atoms. The van der Waals surface area contributed by atoms with Crippen molar-refractivity contribution in [1.29, 1.82) is 0 Å². The highest BCUT2D eigenvalue weighted by Gasteiger charge is 2.11. The molecule has 0 aromatic carbocycles. The topological polar surface area (TPSA) is 17.8 Å². The third-order valence-corrected chi connectivity index (χ3v) is 2.81. The van der Waals surface area contributed by atoms with Gasteiger partial charge in [0.15, 0.2) is 0 Å². The third-order valence-electron chi connectivity index (χ3n) is 2.50. The van der Waals surface area contributed by atoms with E-state index in [1.807, 2.05) is 13.1 Å². The molecule has 0 radical (unpaired) electrons. The minimum atomic E-state index is 0.491. The molecule has 2 heterocycles. The van der Waals surface area contributed by atoms with E-state index < -0.39 is 0 Å². The summed E-state index contributed by atoms with van der Waals surface area (Å²) in [5.74, 6) is 0.491. The van der Waals surface area contributed by atoms with Crippen LogP contribution in [0.5, 0.6) is 0 Å². The fraction of sp³-hybridized carbons (Fsp3) is 0.364. The van der Waals surface area contributed by atoms with E-state index in [0.717, 1.165) is 16.1 Å². The second-order valence-corrected chi connectivity index (χ2v) is 4.22. The summed E-state index contributed by atoms with van der Waals surface area (Å²) in [6, 6.07) is 3.93. The third kappa shape index (κ3) is 1.30. The number of rotatable bonds is 1. The zero-order valence-corrected chi connectivity index (χ0v) is 9.34. The van der Waals surface area contributed by atoms with Crippen molar-refractivity contribution >= 4 is 22.6 Å². The fourth-order valence-corrected chi connectivity index (χ4v) is 2.08. The zero-order valence-electron chi connectivity index (χ0n) is 8.58. The maximum absolute atomic E-state index is 6.12. The smallest absolute Gasteiger partial charge is 0.0899 e. The van der Waals surface area contributed by atoms with Crippen molar-refractivity contribution in [2.24, 2.45) is 7.05 Å². The first-order valence-electron chi connectivity index (χ1n) is 4.71. The summed E-state index contributed by atoms with van der Waals surface area (Å²) in [5, 5.41) is 0.768. The maximum atomic E-state index is 6.12. The van der Waals surface area contributed by atoms with E-state index in [9.17, 15) is 0 Å². The van der Waals surface area contributed by atoms with E-state index in [1.54, 1.807) is 6.20 Å². The molecule has 2 aromatic heterocycles. The van der Waals surface area contributed by atoms with E-state index in [4.69, 9.17) is 11.6 Å². The molecular formula is C11H13ClN2. The molecule has 2 nitrogen and oxygen atoms in total. The van der Waals surface area contributed by atoms with Crippen molar-refractivity contribution in [1.82, 2.24) is 9.55 Å². The monoisotopic (exact) mass is 208 g/mol. The molecule has 0 aliphatic rings. The number of aryl methyl sites for hydroxylation is 1. The number of fused-ring (bicyclic) bond motifs is 1. The lowest BCUT2D eigenvalue weighted by Gasteiger charge is -2.07. The molecule has 0 unspecified atom stereocenters. The summed E-state index contributed by atoms with van der Waals surface area (Å²) in [5.41, 5.74) is 3.27. The van der Waals surface area contributed by atoms with Crippen LogP contribution in [0.15, 0.2) is 18.3 Å². The minimum Gasteiger partial charge on any atom is -0.345 e. The van der Waals surface area contributed by atoms with Gasteiger partial charge in [0.05, 0.1) is 16.1 Å². The number of nitrogens with zero attached hydrogens (tertiary/aromatic N) is 2. The van der Waals surface area contributed by atoms with Gasteiger partial charge in [-0.3, -0.25) is 4.98 Å². The highest BCUT2D eigenvalue weighted by molar-refractivity contribution is 6.34. The van der Waals surface area contributed by atoms with Gasteiger partial charge in [-0.2, -0.15) is 0 Å². The summed E-state index contributed by atoms with van der Waals surface area (Å²) < 4.78 is 2.12. The van der Waals surface area contributed by atoms with Crippen LogP contribution in [-0.2, 0) is 7.05 Å². The van der Waals surface area contributed by atoms with Crippen molar-refractivity contribution < 1.29 is 0 Å². The van der Waals surface area contributed by atoms with Gasteiger partial charge in [0.1, 0.15) is 0 Å². The summed E-state index contributed by atoms with van der Waals surface area (Å²) in [6.45, 7) is 4.34. The minimum absolute atomic E-state index is 0.491. The number of halogens is 1. The first-order chi connectivity index (χ1) is 6.61. The standard InChI is InChI=1S/C11H13ClN2/c1-7(2)10-6-9-11(14(10)3)8(12)4-5-13-9/h4-7H,1-3H3. The molecular weight excluding hydrogens is 196 g/mol. The van der Waals surface area contributed by atoms with Crippen LogP contribution in [0.4, 0.5) is 0 Å². The Morgan fingerprint density at radius 1 is 1.43 bits per heavy atom. The summed E-state index contributed by atoms with van der Waals surface area (Å²) in [6.07, 6.45) is 1.74. The molecule has 0 saturated carbocycles. The largest absolute Gasteiger partial charge is 0.345 e. The molecule has 0 atom stereocenters. The van der Waals surface area contributed by atoms with Gasteiger partial charge in [-0.1, -0.05) is 25.4 Å². The van der Waals surface area contributed by atoms with Crippen LogP contribution >= 0.6 is 11.6 Å². The molecule has 0 aliphatic carbocycles. The van der Waals surface area contributed by atoms with Crippen LogP contribution in [0, 0.1) is 0 Å². The molecule has 0 N–H and O–H groups in total. The molecule has 0 fully saturated rings. The lowest BCUT2D eigenvalue weighted by molar-refractivity contribution is 0.755. The molecule has 74 valence electrons. The zero-order chi connectivity index (χ0) is 10.3. The second kappa shape index (κ2) is 3.28. The van der Waals surface area contributed by atoms with E-state index in [0.29, 0.717) is 5.92 Å². The van der Waals surface area contributed by atoms with Crippen molar-refractivity contribution in [3.05, 3.63) is 29.0 Å². The fourth-order valence-electron chi connectivity index (χ4n) is 1.80. The number of aromatic nitrogens is 2. The highest BCUT2D eigenvalue weighted by Crippen LogP contribution is 2.27. The quantitative estimate of drug-likeness (QED) is 0.703. The normalized spacial score (nSPS) is 11.5. The van der Waals surface area contributed by atoms with Gasteiger partial charge >= 0.3 is 0 Å². The van der Waals surface area contributed by atoms with Gasteiger partial charge in [0, 0.05) is 18.9 Å². The second-order valence-electron chi connectivity index (χ2n) is 3.81. The summed E-state index contributed by atoms with van der Waals surface area (Å²) in [7, 11) is 2.03. The van der Waals surface area contributed by atoms with Crippen LogP contribution in [0.25, 0.3) is 11.0 Å². The summed E-state index contributed by atoms with van der Waals surface area (Å²) >= 11 is 6.12. The number of hydrogen-bond acceptors (Lipinski definition) is 1. The lowest BCUT2D eigenvalue weighted by Crippen LogP contribution is -1.97. The van der Waals surface area contributed by atoms with Crippen molar-refractivity contribution in [3.8, 4) is 0 Å². The van der Waals surface area contributed by atoms with Gasteiger partial charge in [0.2, 0.25) is 0 Å². The molecule has 0 saturated heterocycles. The Kier molecular flexibility index (Phi) is 2.23. The molecule has 0 aliphatic heterocycles. The number of pyridine rings is 1. The SMILES string of the molecule is CC(C)c1cc2nccc(Cl)c2n1C. The molecule has 0 spiro atoms. The van der Waals surface area contributed by atoms with Crippen molar-refractivity contribution in [2.75, 3.05) is 0 Å². The first-order valence-corrected chi connectivity index (χ1v) is 5.09. The van der Waals surface area contributed by atoms with Gasteiger partial charge < -0.3 is 4.57 Å². The number of hydrogen-bond donors (Lipinski definition) is 0. The summed E-state index contributed by atoms with van der Waals surface area (Å²) in [4.78, 5) is 4.30. The highest BCUT2D eigenvalue weighted by atomic mass is 35.5. The first kappa shape index (κ1) is 9.53. The van der Waals surface area contributed by atoms with Gasteiger partial charge in [-0.05, 0) is 18.1 Å². The Bertz CT molecular complexity index is 471. The lowest BCUT2D eigenvalue weighted by atomic mass is 10.1. The maximum Gasteiger partial charge on any atom is 0.0899 e. The average molecular weight is 209 g/mol. The van der Waals surface area contributed by atoms with Crippen LogP contribution in [0.3, 0.4) is 0 Å². The molecule has 14 heavy (non-hydrogen) atoms. The molecule has 2 rings (SSSR count). The van der Waals surface area contributed by atoms with E-state index in [-0.39, 0.29) is 0 Å². The Labute approximate surface area is 88.5 Å². The predicted octanol–water partition coefficient (Wildman–Crippen LogP) is 3.35. The average Bonchev–Trinajstić information content (AvgIpc) is 2.45. The molecule has 2 aromatic rings. The van der Waals surface area contributed by atoms with Crippen LogP contribution in [0.1, 0.15) is 25.5 Å². The van der Waals surface area contributed by atoms with Gasteiger partial charge in [-0.15, -0.1) is 0 Å². The Morgan fingerprint density at radius 2 is 2.14 bits per heavy atom. The molecule has 0 amide bonds. The van der Waals surface area contributed by atoms with Crippen LogP contribution in [0.2, 0.25) is 5.02 Å². The van der Waals surface area contributed by atoms with Gasteiger partial charge in [0.25, 0.3) is 0 Å². The Hall–Kier alpha value is -1.02.